The molecule has 0 aliphatic rings. The summed E-state index contributed by atoms with van der Waals surface area (Å²) in [6, 6.07) is 13.8. The molecule has 1 heterocycles. The number of carbonyl (C=O) groups excluding carboxylic acids is 1. The van der Waals surface area contributed by atoms with Gasteiger partial charge in [0.2, 0.25) is 0 Å². The van der Waals surface area contributed by atoms with Crippen LogP contribution in [0.5, 0.6) is 0 Å². The lowest BCUT2D eigenvalue weighted by Crippen LogP contribution is -2.05. The van der Waals surface area contributed by atoms with Gasteiger partial charge in [-0.15, -0.1) is 11.3 Å². The molecule has 0 unspecified atom stereocenters. The first-order valence-electron chi connectivity index (χ1n) is 7.06. The van der Waals surface area contributed by atoms with Crippen molar-refractivity contribution >= 4 is 17.3 Å². The zero-order valence-corrected chi connectivity index (χ0v) is 13.3. The zero-order valence-electron chi connectivity index (χ0n) is 12.5. The number of ether oxygens (including phenoxy) is 1. The van der Waals surface area contributed by atoms with E-state index in [0.717, 1.165) is 16.7 Å². The molecule has 116 valence electrons. The first kappa shape index (κ1) is 15.4. The topological polar surface area (TPSA) is 39.2 Å². The van der Waals surface area contributed by atoms with Crippen LogP contribution in [0.1, 0.15) is 21.6 Å². The highest BCUT2D eigenvalue weighted by Gasteiger charge is 2.13. The van der Waals surface area contributed by atoms with E-state index in [-0.39, 0.29) is 18.1 Å². The lowest BCUT2D eigenvalue weighted by Gasteiger charge is -2.03. The number of esters is 1. The summed E-state index contributed by atoms with van der Waals surface area (Å²) in [4.78, 5) is 16.3. The van der Waals surface area contributed by atoms with Crippen molar-refractivity contribution in [3.8, 4) is 10.6 Å². The number of thiazole rings is 1. The minimum atomic E-state index is -0.463. The second kappa shape index (κ2) is 6.71. The molecule has 0 bridgehead atoms. The molecule has 0 atom stereocenters. The highest BCUT2D eigenvalue weighted by Crippen LogP contribution is 2.24. The minimum absolute atomic E-state index is 0.211. The number of halogens is 1. The zero-order chi connectivity index (χ0) is 16.2. The van der Waals surface area contributed by atoms with Gasteiger partial charge >= 0.3 is 5.97 Å². The van der Waals surface area contributed by atoms with E-state index in [4.69, 9.17) is 4.74 Å². The second-order valence-corrected chi connectivity index (χ2v) is 5.96. The summed E-state index contributed by atoms with van der Waals surface area (Å²) in [6.45, 7) is 2.21. The number of carbonyl (C=O) groups is 1. The summed E-state index contributed by atoms with van der Waals surface area (Å²) < 4.78 is 18.2. The van der Waals surface area contributed by atoms with Crippen molar-refractivity contribution in [2.75, 3.05) is 0 Å². The number of aromatic nitrogens is 1. The molecule has 0 saturated carbocycles. The fourth-order valence-electron chi connectivity index (χ4n) is 2.00. The number of hydrogen-bond donors (Lipinski definition) is 0. The predicted octanol–water partition coefficient (Wildman–Crippen LogP) is 4.61. The predicted molar refractivity (Wildman–Crippen MR) is 87.8 cm³/mol. The van der Waals surface area contributed by atoms with Crippen LogP contribution < -0.4 is 0 Å². The normalized spacial score (nSPS) is 10.5. The number of rotatable bonds is 4. The van der Waals surface area contributed by atoms with Crippen molar-refractivity contribution in [3.63, 3.8) is 0 Å². The maximum absolute atomic E-state index is 12.9. The van der Waals surface area contributed by atoms with Gasteiger partial charge in [0.1, 0.15) is 17.4 Å². The molecule has 5 heteroatoms. The smallest absolute Gasteiger partial charge is 0.358 e. The summed E-state index contributed by atoms with van der Waals surface area (Å²) in [5.41, 5.74) is 3.12. The molecule has 3 aromatic rings. The lowest BCUT2D eigenvalue weighted by molar-refractivity contribution is 0.0467. The third-order valence-corrected chi connectivity index (χ3v) is 4.19. The molecule has 0 N–H and O–H groups in total. The molecule has 3 rings (SSSR count). The number of nitrogens with zero attached hydrogens (tertiary/aromatic N) is 1. The summed E-state index contributed by atoms with van der Waals surface area (Å²) in [6.07, 6.45) is 0. The second-order valence-electron chi connectivity index (χ2n) is 5.11. The van der Waals surface area contributed by atoms with Crippen molar-refractivity contribution in [1.82, 2.24) is 4.98 Å². The van der Waals surface area contributed by atoms with Crippen LogP contribution in [0.25, 0.3) is 10.6 Å². The van der Waals surface area contributed by atoms with Gasteiger partial charge in [0.05, 0.1) is 0 Å². The van der Waals surface area contributed by atoms with E-state index in [9.17, 15) is 9.18 Å². The Kier molecular flexibility index (Phi) is 4.48. The van der Waals surface area contributed by atoms with Crippen LogP contribution in [0.15, 0.2) is 53.9 Å². The summed E-state index contributed by atoms with van der Waals surface area (Å²) in [5.74, 6) is -0.766. The molecule has 1 aromatic heterocycles. The molecule has 2 aromatic carbocycles. The molecule has 0 aliphatic carbocycles. The third-order valence-electron chi connectivity index (χ3n) is 3.30. The third kappa shape index (κ3) is 3.81. The average Bonchev–Trinajstić information content (AvgIpc) is 3.05. The van der Waals surface area contributed by atoms with E-state index in [1.807, 2.05) is 31.2 Å². The minimum Gasteiger partial charge on any atom is -0.456 e. The fourth-order valence-corrected chi connectivity index (χ4v) is 2.80. The molecule has 23 heavy (non-hydrogen) atoms. The number of aryl methyl sites for hydroxylation is 1. The van der Waals surface area contributed by atoms with Crippen molar-refractivity contribution in [2.45, 2.75) is 13.5 Å². The van der Waals surface area contributed by atoms with E-state index < -0.39 is 5.97 Å². The Morgan fingerprint density at radius 2 is 1.83 bits per heavy atom. The Balaban J connectivity index is 1.66. The van der Waals surface area contributed by atoms with Gasteiger partial charge in [-0.3, -0.25) is 0 Å². The van der Waals surface area contributed by atoms with Crippen LogP contribution in [-0.2, 0) is 11.3 Å². The summed E-state index contributed by atoms with van der Waals surface area (Å²) in [5, 5.41) is 2.31. The van der Waals surface area contributed by atoms with Crippen LogP contribution in [0, 0.1) is 12.7 Å². The Bertz CT molecular complexity index is 810. The molecular weight excluding hydrogens is 313 g/mol. The van der Waals surface area contributed by atoms with Gasteiger partial charge < -0.3 is 4.74 Å². The molecule has 0 saturated heterocycles. The molecule has 0 aliphatic heterocycles. The van der Waals surface area contributed by atoms with E-state index in [1.165, 1.54) is 23.5 Å². The van der Waals surface area contributed by atoms with Gasteiger partial charge in [-0.2, -0.15) is 0 Å². The van der Waals surface area contributed by atoms with Crippen molar-refractivity contribution < 1.29 is 13.9 Å². The maximum Gasteiger partial charge on any atom is 0.358 e. The average molecular weight is 327 g/mol. The number of hydrogen-bond acceptors (Lipinski definition) is 4. The maximum atomic E-state index is 12.9. The fraction of sp³-hybridized carbons (Fsp3) is 0.111. The molecule has 0 radical (unpaired) electrons. The quantitative estimate of drug-likeness (QED) is 0.657. The first-order chi connectivity index (χ1) is 11.1. The van der Waals surface area contributed by atoms with Gasteiger partial charge in [-0.05, 0) is 36.8 Å². The van der Waals surface area contributed by atoms with Crippen molar-refractivity contribution in [2.24, 2.45) is 0 Å². The molecule has 0 fully saturated rings. The van der Waals surface area contributed by atoms with Crippen LogP contribution in [-0.4, -0.2) is 11.0 Å². The van der Waals surface area contributed by atoms with E-state index in [0.29, 0.717) is 5.01 Å². The highest BCUT2D eigenvalue weighted by molar-refractivity contribution is 7.13. The van der Waals surface area contributed by atoms with Crippen LogP contribution >= 0.6 is 11.3 Å². The van der Waals surface area contributed by atoms with Gasteiger partial charge in [0.15, 0.2) is 5.69 Å². The largest absolute Gasteiger partial charge is 0.456 e. The Morgan fingerprint density at radius 1 is 1.13 bits per heavy atom. The van der Waals surface area contributed by atoms with Gasteiger partial charge in [-0.1, -0.05) is 29.8 Å². The summed E-state index contributed by atoms with van der Waals surface area (Å²) >= 11 is 1.33. The Morgan fingerprint density at radius 3 is 2.52 bits per heavy atom. The van der Waals surface area contributed by atoms with Gasteiger partial charge in [0.25, 0.3) is 0 Å². The van der Waals surface area contributed by atoms with Crippen LogP contribution in [0.4, 0.5) is 4.39 Å². The highest BCUT2D eigenvalue weighted by atomic mass is 32.1. The molecule has 3 nitrogen and oxygen atoms in total. The van der Waals surface area contributed by atoms with Crippen LogP contribution in [0.3, 0.4) is 0 Å². The van der Waals surface area contributed by atoms with E-state index in [1.54, 1.807) is 17.5 Å². The monoisotopic (exact) mass is 327 g/mol. The Hall–Kier alpha value is -2.53. The molecule has 0 amide bonds. The standard InChI is InChI=1S/C18H14FNO2S/c1-12-2-4-13(5-3-12)10-22-18(21)16-11-23-17(20-16)14-6-8-15(19)9-7-14/h2-9,11H,10H2,1H3. The van der Waals surface area contributed by atoms with Gasteiger partial charge in [0, 0.05) is 10.9 Å². The van der Waals surface area contributed by atoms with Gasteiger partial charge in [-0.25, -0.2) is 14.2 Å². The molecule has 0 spiro atoms. The summed E-state index contributed by atoms with van der Waals surface area (Å²) in [7, 11) is 0. The van der Waals surface area contributed by atoms with E-state index in [2.05, 4.69) is 4.98 Å². The number of benzene rings is 2. The molecular formula is C18H14FNO2S. The Labute approximate surface area is 137 Å². The van der Waals surface area contributed by atoms with Crippen molar-refractivity contribution in [1.29, 1.82) is 0 Å². The van der Waals surface area contributed by atoms with Crippen LogP contribution in [0.2, 0.25) is 0 Å². The lowest BCUT2D eigenvalue weighted by atomic mass is 10.2. The van der Waals surface area contributed by atoms with Crippen molar-refractivity contribution in [3.05, 3.63) is 76.5 Å². The SMILES string of the molecule is Cc1ccc(COC(=O)c2csc(-c3ccc(F)cc3)n2)cc1. The first-order valence-corrected chi connectivity index (χ1v) is 7.94. The van der Waals surface area contributed by atoms with E-state index >= 15 is 0 Å².